The van der Waals surface area contributed by atoms with Crippen molar-refractivity contribution < 1.29 is 4.52 Å². The molecule has 0 unspecified atom stereocenters. The molecule has 0 saturated heterocycles. The van der Waals surface area contributed by atoms with Crippen LogP contribution in [0, 0.1) is 6.92 Å². The highest BCUT2D eigenvalue weighted by atomic mass is 35.5. The Labute approximate surface area is 109 Å². The Balaban J connectivity index is 1.89. The maximum absolute atomic E-state index is 5.90. The first-order chi connectivity index (χ1) is 8.13. The van der Waals surface area contributed by atoms with Crippen molar-refractivity contribution >= 4 is 23.2 Å². The van der Waals surface area contributed by atoms with Gasteiger partial charge in [0, 0.05) is 23.5 Å². The fourth-order valence-electron chi connectivity index (χ4n) is 1.44. The van der Waals surface area contributed by atoms with Crippen LogP contribution in [0.3, 0.4) is 0 Å². The van der Waals surface area contributed by atoms with Gasteiger partial charge in [0.2, 0.25) is 5.89 Å². The molecule has 0 aliphatic heterocycles. The third kappa shape index (κ3) is 3.70. The summed E-state index contributed by atoms with van der Waals surface area (Å²) in [5.74, 6) is 1.20. The summed E-state index contributed by atoms with van der Waals surface area (Å²) in [6.45, 7) is 2.95. The highest BCUT2D eigenvalue weighted by Gasteiger charge is 2.02. The average Bonchev–Trinajstić information content (AvgIpc) is 2.63. The second kappa shape index (κ2) is 5.49. The molecule has 0 atom stereocenters. The van der Waals surface area contributed by atoms with Crippen LogP contribution in [0.1, 0.15) is 17.3 Å². The molecule has 90 valence electrons. The summed E-state index contributed by atoms with van der Waals surface area (Å²) in [5, 5.41) is 8.22. The minimum atomic E-state index is 0.543. The van der Waals surface area contributed by atoms with E-state index in [9.17, 15) is 0 Å². The third-order valence-electron chi connectivity index (χ3n) is 2.10. The van der Waals surface area contributed by atoms with Crippen LogP contribution in [0.2, 0.25) is 10.0 Å². The lowest BCUT2D eigenvalue weighted by Gasteiger charge is -2.03. The van der Waals surface area contributed by atoms with Crippen molar-refractivity contribution in [2.24, 2.45) is 0 Å². The van der Waals surface area contributed by atoms with Crippen LogP contribution >= 0.6 is 23.2 Å². The van der Waals surface area contributed by atoms with Crippen LogP contribution in [-0.2, 0) is 13.1 Å². The second-order valence-corrected chi connectivity index (χ2v) is 4.48. The number of aromatic nitrogens is 2. The Bertz CT molecular complexity index is 493. The van der Waals surface area contributed by atoms with E-state index in [1.54, 1.807) is 13.0 Å². The van der Waals surface area contributed by atoms with Crippen LogP contribution in [0.25, 0.3) is 0 Å². The summed E-state index contributed by atoms with van der Waals surface area (Å²) in [6, 6.07) is 5.43. The van der Waals surface area contributed by atoms with Gasteiger partial charge in [0.1, 0.15) is 0 Å². The van der Waals surface area contributed by atoms with Gasteiger partial charge in [-0.1, -0.05) is 28.4 Å². The van der Waals surface area contributed by atoms with Gasteiger partial charge < -0.3 is 9.84 Å². The van der Waals surface area contributed by atoms with Gasteiger partial charge in [-0.15, -0.1) is 0 Å². The normalized spacial score (nSPS) is 10.8. The molecule has 0 radical (unpaired) electrons. The molecular weight excluding hydrogens is 261 g/mol. The Hall–Kier alpha value is -1.10. The van der Waals surface area contributed by atoms with Crippen LogP contribution in [0.15, 0.2) is 22.7 Å². The van der Waals surface area contributed by atoms with E-state index >= 15 is 0 Å². The van der Waals surface area contributed by atoms with Crippen molar-refractivity contribution in [1.29, 1.82) is 0 Å². The number of hydrogen-bond donors (Lipinski definition) is 1. The van der Waals surface area contributed by atoms with Gasteiger partial charge in [0.05, 0.1) is 6.54 Å². The van der Waals surface area contributed by atoms with Gasteiger partial charge in [-0.3, -0.25) is 0 Å². The topological polar surface area (TPSA) is 51.0 Å². The molecule has 1 aromatic heterocycles. The van der Waals surface area contributed by atoms with E-state index in [1.807, 2.05) is 12.1 Å². The molecule has 6 heteroatoms. The molecule has 0 amide bonds. The van der Waals surface area contributed by atoms with Gasteiger partial charge in [-0.25, -0.2) is 0 Å². The molecule has 0 aliphatic carbocycles. The van der Waals surface area contributed by atoms with Gasteiger partial charge >= 0.3 is 0 Å². The van der Waals surface area contributed by atoms with Crippen molar-refractivity contribution in [1.82, 2.24) is 15.5 Å². The lowest BCUT2D eigenvalue weighted by Crippen LogP contribution is -2.13. The van der Waals surface area contributed by atoms with E-state index < -0.39 is 0 Å². The van der Waals surface area contributed by atoms with Crippen molar-refractivity contribution in [3.63, 3.8) is 0 Å². The number of halogens is 2. The summed E-state index contributed by atoms with van der Waals surface area (Å²) in [6.07, 6.45) is 0. The fraction of sp³-hybridized carbons (Fsp3) is 0.273. The molecule has 0 spiro atoms. The molecule has 0 bridgehead atoms. The van der Waals surface area contributed by atoms with Crippen molar-refractivity contribution in [3.8, 4) is 0 Å². The van der Waals surface area contributed by atoms with E-state index in [0.29, 0.717) is 34.8 Å². The Kier molecular flexibility index (Phi) is 3.99. The van der Waals surface area contributed by atoms with E-state index in [2.05, 4.69) is 15.5 Å². The van der Waals surface area contributed by atoms with E-state index in [1.165, 1.54) is 0 Å². The number of nitrogens with zero attached hydrogens (tertiary/aromatic N) is 2. The van der Waals surface area contributed by atoms with Crippen LogP contribution in [-0.4, -0.2) is 10.1 Å². The Morgan fingerprint density at radius 1 is 1.18 bits per heavy atom. The largest absolute Gasteiger partial charge is 0.340 e. The van der Waals surface area contributed by atoms with Crippen LogP contribution < -0.4 is 5.32 Å². The van der Waals surface area contributed by atoms with Gasteiger partial charge in [0.25, 0.3) is 0 Å². The van der Waals surface area contributed by atoms with Crippen molar-refractivity contribution in [2.45, 2.75) is 20.0 Å². The first kappa shape index (κ1) is 12.4. The van der Waals surface area contributed by atoms with Crippen molar-refractivity contribution in [3.05, 3.63) is 45.5 Å². The zero-order valence-corrected chi connectivity index (χ0v) is 10.7. The molecule has 1 aromatic carbocycles. The molecule has 2 aromatic rings. The Morgan fingerprint density at radius 3 is 2.47 bits per heavy atom. The molecule has 17 heavy (non-hydrogen) atoms. The number of aryl methyl sites for hydroxylation is 1. The lowest BCUT2D eigenvalue weighted by molar-refractivity contribution is 0.385. The van der Waals surface area contributed by atoms with Crippen molar-refractivity contribution in [2.75, 3.05) is 0 Å². The summed E-state index contributed by atoms with van der Waals surface area (Å²) in [7, 11) is 0. The summed E-state index contributed by atoms with van der Waals surface area (Å²) < 4.78 is 4.86. The zero-order valence-electron chi connectivity index (χ0n) is 9.20. The monoisotopic (exact) mass is 271 g/mol. The minimum Gasteiger partial charge on any atom is -0.340 e. The first-order valence-electron chi connectivity index (χ1n) is 5.08. The summed E-state index contributed by atoms with van der Waals surface area (Å²) in [4.78, 5) is 4.08. The van der Waals surface area contributed by atoms with Crippen LogP contribution in [0.5, 0.6) is 0 Å². The third-order valence-corrected chi connectivity index (χ3v) is 2.54. The molecule has 0 saturated carbocycles. The maximum atomic E-state index is 5.90. The van der Waals surface area contributed by atoms with E-state index in [4.69, 9.17) is 27.7 Å². The van der Waals surface area contributed by atoms with E-state index in [-0.39, 0.29) is 0 Å². The Morgan fingerprint density at radius 2 is 1.88 bits per heavy atom. The molecule has 4 nitrogen and oxygen atoms in total. The SMILES string of the molecule is Cc1nc(CNCc2cc(Cl)cc(Cl)c2)no1. The highest BCUT2D eigenvalue weighted by Crippen LogP contribution is 2.18. The van der Waals surface area contributed by atoms with E-state index in [0.717, 1.165) is 5.56 Å². The highest BCUT2D eigenvalue weighted by molar-refractivity contribution is 6.34. The standard InChI is InChI=1S/C11H11Cl2N3O/c1-7-15-11(16-17-7)6-14-5-8-2-9(12)4-10(13)3-8/h2-4,14H,5-6H2,1H3. The van der Waals surface area contributed by atoms with Gasteiger partial charge in [-0.2, -0.15) is 4.98 Å². The molecular formula is C11H11Cl2N3O. The van der Waals surface area contributed by atoms with Gasteiger partial charge in [-0.05, 0) is 23.8 Å². The smallest absolute Gasteiger partial charge is 0.223 e. The molecule has 0 fully saturated rings. The lowest BCUT2D eigenvalue weighted by atomic mass is 10.2. The van der Waals surface area contributed by atoms with Gasteiger partial charge in [0.15, 0.2) is 5.82 Å². The predicted octanol–water partition coefficient (Wildman–Crippen LogP) is 2.97. The quantitative estimate of drug-likeness (QED) is 0.929. The number of rotatable bonds is 4. The number of benzene rings is 1. The molecule has 1 heterocycles. The second-order valence-electron chi connectivity index (χ2n) is 3.61. The summed E-state index contributed by atoms with van der Waals surface area (Å²) >= 11 is 11.8. The molecule has 2 rings (SSSR count). The molecule has 1 N–H and O–H groups in total. The van der Waals surface area contributed by atoms with Crippen LogP contribution in [0.4, 0.5) is 0 Å². The first-order valence-corrected chi connectivity index (χ1v) is 5.84. The average molecular weight is 272 g/mol. The summed E-state index contributed by atoms with van der Waals surface area (Å²) in [5.41, 5.74) is 1.02. The maximum Gasteiger partial charge on any atom is 0.223 e. The minimum absolute atomic E-state index is 0.543. The zero-order chi connectivity index (χ0) is 12.3. The fourth-order valence-corrected chi connectivity index (χ4v) is 2.02. The molecule has 0 aliphatic rings. The number of nitrogens with one attached hydrogen (secondary N) is 1. The predicted molar refractivity (Wildman–Crippen MR) is 66.0 cm³/mol. The number of hydrogen-bond acceptors (Lipinski definition) is 4.